The highest BCUT2D eigenvalue weighted by atomic mass is 16.8. The zero-order valence-corrected chi connectivity index (χ0v) is 9.24. The van der Waals surface area contributed by atoms with E-state index in [2.05, 4.69) is 0 Å². The first-order chi connectivity index (χ1) is 6.54. The highest BCUT2D eigenvalue weighted by Gasteiger charge is 2.46. The summed E-state index contributed by atoms with van der Waals surface area (Å²) in [4.78, 5) is 0. The van der Waals surface area contributed by atoms with Crippen molar-refractivity contribution in [2.24, 2.45) is 11.7 Å². The normalized spacial score (nSPS) is 37.0. The Bertz CT molecular complexity index is 223. The zero-order valence-electron chi connectivity index (χ0n) is 9.24. The van der Waals surface area contributed by atoms with Gasteiger partial charge in [-0.3, -0.25) is 0 Å². The van der Waals surface area contributed by atoms with Gasteiger partial charge in [0, 0.05) is 20.1 Å². The van der Waals surface area contributed by atoms with E-state index in [0.29, 0.717) is 0 Å². The maximum atomic E-state index is 5.77. The molecule has 0 radical (unpaired) electrons. The van der Waals surface area contributed by atoms with Crippen LogP contribution in [0.15, 0.2) is 12.2 Å². The van der Waals surface area contributed by atoms with Gasteiger partial charge in [-0.15, -0.1) is 0 Å². The first-order valence-electron chi connectivity index (χ1n) is 4.75. The van der Waals surface area contributed by atoms with Gasteiger partial charge in [0.2, 0.25) is 5.79 Å². The Hall–Kier alpha value is -0.420. The minimum absolute atomic E-state index is 0.201. The Kier molecular flexibility index (Phi) is 3.32. The summed E-state index contributed by atoms with van der Waals surface area (Å²) in [5, 5.41) is 0. The Labute approximate surface area is 85.0 Å². The highest BCUT2D eigenvalue weighted by molar-refractivity contribution is 5.13. The molecule has 1 rings (SSSR count). The molecule has 0 fully saturated rings. The van der Waals surface area contributed by atoms with Crippen molar-refractivity contribution in [1.29, 1.82) is 0 Å². The lowest BCUT2D eigenvalue weighted by Gasteiger charge is -2.35. The molecule has 0 amide bonds. The molecule has 0 aromatic heterocycles. The standard InChI is InChI=1S/C10H19NO3/c1-8(2)10(13-4)6-5-9(7-11,12-3)14-10/h5-6,8H,7,11H2,1-4H3. The third kappa shape index (κ3) is 1.70. The maximum absolute atomic E-state index is 5.77. The van der Waals surface area contributed by atoms with Crippen LogP contribution >= 0.6 is 0 Å². The summed E-state index contributed by atoms with van der Waals surface area (Å²) in [6.07, 6.45) is 3.69. The molecule has 0 aromatic rings. The zero-order chi connectivity index (χ0) is 10.8. The van der Waals surface area contributed by atoms with E-state index in [1.807, 2.05) is 26.0 Å². The SMILES string of the molecule is COC1(CN)C=CC(OC)(C(C)C)O1. The van der Waals surface area contributed by atoms with Gasteiger partial charge in [0.25, 0.3) is 0 Å². The van der Waals surface area contributed by atoms with E-state index in [1.165, 1.54) is 0 Å². The van der Waals surface area contributed by atoms with Crippen LogP contribution in [0.2, 0.25) is 0 Å². The third-order valence-corrected chi connectivity index (χ3v) is 2.66. The van der Waals surface area contributed by atoms with E-state index >= 15 is 0 Å². The average molecular weight is 201 g/mol. The molecule has 14 heavy (non-hydrogen) atoms. The smallest absolute Gasteiger partial charge is 0.203 e. The van der Waals surface area contributed by atoms with Gasteiger partial charge in [-0.05, 0) is 12.2 Å². The molecular weight excluding hydrogens is 182 g/mol. The van der Waals surface area contributed by atoms with Crippen LogP contribution < -0.4 is 5.73 Å². The van der Waals surface area contributed by atoms with E-state index in [0.717, 1.165) is 0 Å². The van der Waals surface area contributed by atoms with Gasteiger partial charge in [0.15, 0.2) is 5.79 Å². The molecule has 0 saturated carbocycles. The fraction of sp³-hybridized carbons (Fsp3) is 0.800. The van der Waals surface area contributed by atoms with E-state index in [1.54, 1.807) is 14.2 Å². The summed E-state index contributed by atoms with van der Waals surface area (Å²) in [5.41, 5.74) is 5.60. The maximum Gasteiger partial charge on any atom is 0.203 e. The monoisotopic (exact) mass is 201 g/mol. The second-order valence-corrected chi connectivity index (χ2v) is 3.74. The first kappa shape index (κ1) is 11.7. The number of methoxy groups -OCH3 is 2. The molecule has 2 N–H and O–H groups in total. The van der Waals surface area contributed by atoms with Gasteiger partial charge in [0.1, 0.15) is 0 Å². The van der Waals surface area contributed by atoms with Crippen LogP contribution in [0.1, 0.15) is 13.8 Å². The van der Waals surface area contributed by atoms with E-state index in [-0.39, 0.29) is 12.5 Å². The van der Waals surface area contributed by atoms with Crippen LogP contribution in [0.3, 0.4) is 0 Å². The second-order valence-electron chi connectivity index (χ2n) is 3.74. The molecule has 2 atom stereocenters. The largest absolute Gasteiger partial charge is 0.349 e. The van der Waals surface area contributed by atoms with Crippen molar-refractivity contribution >= 4 is 0 Å². The second kappa shape index (κ2) is 3.98. The summed E-state index contributed by atoms with van der Waals surface area (Å²) >= 11 is 0. The van der Waals surface area contributed by atoms with Crippen LogP contribution in [0, 0.1) is 5.92 Å². The molecule has 0 aromatic carbocycles. The summed E-state index contributed by atoms with van der Waals surface area (Å²) in [6.45, 7) is 4.32. The predicted octanol–water partition coefficient (Wildman–Crippen LogP) is 0.873. The van der Waals surface area contributed by atoms with Gasteiger partial charge < -0.3 is 19.9 Å². The molecule has 4 heteroatoms. The molecule has 0 aliphatic carbocycles. The number of rotatable bonds is 4. The number of hydrogen-bond acceptors (Lipinski definition) is 4. The summed E-state index contributed by atoms with van der Waals surface area (Å²) in [5.74, 6) is -1.34. The number of ether oxygens (including phenoxy) is 3. The van der Waals surface area contributed by atoms with Crippen molar-refractivity contribution in [3.63, 3.8) is 0 Å². The number of hydrogen-bond donors (Lipinski definition) is 1. The lowest BCUT2D eigenvalue weighted by molar-refractivity contribution is -0.304. The molecule has 4 nitrogen and oxygen atoms in total. The van der Waals surface area contributed by atoms with E-state index in [4.69, 9.17) is 19.9 Å². The van der Waals surface area contributed by atoms with Crippen molar-refractivity contribution in [2.75, 3.05) is 20.8 Å². The van der Waals surface area contributed by atoms with Crippen LogP contribution in [0.25, 0.3) is 0 Å². The third-order valence-electron chi connectivity index (χ3n) is 2.66. The minimum Gasteiger partial charge on any atom is -0.349 e. The average Bonchev–Trinajstić information content (AvgIpc) is 2.59. The highest BCUT2D eigenvalue weighted by Crippen LogP contribution is 2.36. The van der Waals surface area contributed by atoms with Gasteiger partial charge in [-0.25, -0.2) is 0 Å². The van der Waals surface area contributed by atoms with Crippen LogP contribution in [-0.4, -0.2) is 32.3 Å². The molecule has 82 valence electrons. The fourth-order valence-corrected chi connectivity index (χ4v) is 1.54. The van der Waals surface area contributed by atoms with Crippen LogP contribution in [-0.2, 0) is 14.2 Å². The lowest BCUT2D eigenvalue weighted by Crippen LogP contribution is -2.46. The minimum atomic E-state index is -0.833. The van der Waals surface area contributed by atoms with E-state index < -0.39 is 11.6 Å². The van der Waals surface area contributed by atoms with Crippen LogP contribution in [0.5, 0.6) is 0 Å². The Balaban J connectivity index is 2.86. The van der Waals surface area contributed by atoms with Crippen molar-refractivity contribution in [1.82, 2.24) is 0 Å². The summed E-state index contributed by atoms with van der Waals surface area (Å²) < 4.78 is 16.4. The molecule has 0 saturated heterocycles. The summed E-state index contributed by atoms with van der Waals surface area (Å²) in [6, 6.07) is 0. The quantitative estimate of drug-likeness (QED) is 0.686. The lowest BCUT2D eigenvalue weighted by atomic mass is 10.0. The van der Waals surface area contributed by atoms with Crippen molar-refractivity contribution < 1.29 is 14.2 Å². The van der Waals surface area contributed by atoms with Crippen molar-refractivity contribution in [3.8, 4) is 0 Å². The molecule has 1 aliphatic heterocycles. The molecule has 0 spiro atoms. The Morgan fingerprint density at radius 3 is 2.14 bits per heavy atom. The fourth-order valence-electron chi connectivity index (χ4n) is 1.54. The topological polar surface area (TPSA) is 53.7 Å². The molecule has 0 bridgehead atoms. The van der Waals surface area contributed by atoms with Crippen LogP contribution in [0.4, 0.5) is 0 Å². The first-order valence-corrected chi connectivity index (χ1v) is 4.75. The number of nitrogens with two attached hydrogens (primary N) is 1. The molecular formula is C10H19NO3. The summed E-state index contributed by atoms with van der Waals surface area (Å²) in [7, 11) is 3.19. The molecule has 2 unspecified atom stereocenters. The van der Waals surface area contributed by atoms with Gasteiger partial charge in [-0.2, -0.15) is 0 Å². The van der Waals surface area contributed by atoms with Gasteiger partial charge in [-0.1, -0.05) is 13.8 Å². The predicted molar refractivity (Wildman–Crippen MR) is 53.6 cm³/mol. The van der Waals surface area contributed by atoms with E-state index in [9.17, 15) is 0 Å². The Morgan fingerprint density at radius 1 is 1.29 bits per heavy atom. The molecule has 1 heterocycles. The van der Waals surface area contributed by atoms with Crippen molar-refractivity contribution in [2.45, 2.75) is 25.4 Å². The van der Waals surface area contributed by atoms with Gasteiger partial charge >= 0.3 is 0 Å². The van der Waals surface area contributed by atoms with Crippen molar-refractivity contribution in [3.05, 3.63) is 12.2 Å². The van der Waals surface area contributed by atoms with Gasteiger partial charge in [0.05, 0.1) is 6.54 Å². The Morgan fingerprint density at radius 2 is 1.93 bits per heavy atom. The molecule has 1 aliphatic rings.